The number of nitrogens with zero attached hydrogens (tertiary/aromatic N) is 4. The minimum Gasteiger partial charge on any atom is -0.343 e. The maximum Gasteiger partial charge on any atom is 0.158 e. The molecule has 1 unspecified atom stereocenters. The summed E-state index contributed by atoms with van der Waals surface area (Å²) in [4.78, 5) is 19.5. The fraction of sp³-hybridized carbons (Fsp3) is 0.190. The summed E-state index contributed by atoms with van der Waals surface area (Å²) in [5.74, 6) is 0.882. The zero-order chi connectivity index (χ0) is 18.4. The Hall–Kier alpha value is -2.92. The largest absolute Gasteiger partial charge is 0.343 e. The molecule has 3 aromatic rings. The number of allylic oxidation sites excluding steroid dienone is 2. The Morgan fingerprint density at radius 2 is 2.07 bits per heavy atom. The number of pyridine rings is 1. The number of hydrogen-bond donors (Lipinski definition) is 1. The van der Waals surface area contributed by atoms with Crippen molar-refractivity contribution in [2.45, 2.75) is 19.0 Å². The highest BCUT2D eigenvalue weighted by Gasteiger charge is 2.41. The summed E-state index contributed by atoms with van der Waals surface area (Å²) in [5, 5.41) is 0.708. The molecule has 4 heterocycles. The van der Waals surface area contributed by atoms with Crippen molar-refractivity contribution < 1.29 is 0 Å². The van der Waals surface area contributed by atoms with E-state index in [-0.39, 0.29) is 0 Å². The van der Waals surface area contributed by atoms with E-state index >= 15 is 0 Å². The zero-order valence-corrected chi connectivity index (χ0v) is 15.6. The predicted molar refractivity (Wildman–Crippen MR) is 108 cm³/mol. The second-order valence-electron chi connectivity index (χ2n) is 7.03. The number of aliphatic imine (C=N–C) groups is 1. The van der Waals surface area contributed by atoms with Gasteiger partial charge in [0.05, 0.1) is 40.9 Å². The lowest BCUT2D eigenvalue weighted by atomic mass is 10.0. The lowest BCUT2D eigenvalue weighted by Gasteiger charge is -2.34. The van der Waals surface area contributed by atoms with Gasteiger partial charge in [-0.3, -0.25) is 9.98 Å². The average Bonchev–Trinajstić information content (AvgIpc) is 3.23. The van der Waals surface area contributed by atoms with Gasteiger partial charge in [-0.25, -0.2) is 4.98 Å². The van der Waals surface area contributed by atoms with E-state index in [1.165, 1.54) is 5.56 Å². The maximum atomic E-state index is 6.28. The number of imidazole rings is 1. The highest BCUT2D eigenvalue weighted by atomic mass is 35.5. The van der Waals surface area contributed by atoms with Crippen LogP contribution in [0.5, 0.6) is 0 Å². The predicted octanol–water partition coefficient (Wildman–Crippen LogP) is 3.96. The standard InChI is InChI=1S/C21H18ClN5/c1-14-2-4-15(5-3-14)19-13-27-12-16(22)6-8-21(27,26-19)10-20-24-17-7-9-23-11-18(17)25-20/h2-9,11-12H,10,13H2,1H3,(H,24,25). The van der Waals surface area contributed by atoms with Gasteiger partial charge in [0, 0.05) is 12.4 Å². The molecule has 0 saturated carbocycles. The first-order valence-corrected chi connectivity index (χ1v) is 9.27. The molecule has 1 atom stereocenters. The summed E-state index contributed by atoms with van der Waals surface area (Å²) in [6.07, 6.45) is 10.1. The first-order chi connectivity index (χ1) is 13.1. The van der Waals surface area contributed by atoms with E-state index in [4.69, 9.17) is 21.6 Å². The van der Waals surface area contributed by atoms with Gasteiger partial charge in [-0.15, -0.1) is 0 Å². The van der Waals surface area contributed by atoms with E-state index in [1.54, 1.807) is 12.4 Å². The van der Waals surface area contributed by atoms with Gasteiger partial charge in [-0.05, 0) is 30.7 Å². The molecule has 5 nitrogen and oxygen atoms in total. The summed E-state index contributed by atoms with van der Waals surface area (Å²) in [6.45, 7) is 2.80. The molecule has 2 aliphatic heterocycles. The van der Waals surface area contributed by atoms with Gasteiger partial charge >= 0.3 is 0 Å². The Balaban J connectivity index is 1.55. The number of rotatable bonds is 3. The molecule has 1 N–H and O–H groups in total. The number of aromatic nitrogens is 3. The van der Waals surface area contributed by atoms with Crippen LogP contribution < -0.4 is 0 Å². The molecule has 0 fully saturated rings. The van der Waals surface area contributed by atoms with E-state index in [1.807, 2.05) is 18.3 Å². The van der Waals surface area contributed by atoms with E-state index in [0.29, 0.717) is 18.0 Å². The lowest BCUT2D eigenvalue weighted by Crippen LogP contribution is -2.42. The van der Waals surface area contributed by atoms with Gasteiger partial charge in [0.1, 0.15) is 5.82 Å². The Morgan fingerprint density at radius 1 is 1.22 bits per heavy atom. The molecule has 0 radical (unpaired) electrons. The number of hydrogen-bond acceptors (Lipinski definition) is 4. The number of aromatic amines is 1. The van der Waals surface area contributed by atoms with Crippen LogP contribution in [0.1, 0.15) is 17.0 Å². The van der Waals surface area contributed by atoms with Gasteiger partial charge in [0.2, 0.25) is 0 Å². The van der Waals surface area contributed by atoms with E-state index < -0.39 is 5.66 Å². The van der Waals surface area contributed by atoms with Crippen LogP contribution in [0.25, 0.3) is 11.0 Å². The van der Waals surface area contributed by atoms with Crippen molar-refractivity contribution in [2.75, 3.05) is 6.54 Å². The fourth-order valence-corrected chi connectivity index (χ4v) is 3.85. The van der Waals surface area contributed by atoms with Crippen LogP contribution in [0, 0.1) is 6.92 Å². The molecule has 6 heteroatoms. The SMILES string of the molecule is Cc1ccc(C2=NC3(Cc4nc5ccncc5[nH]4)C=CC(Cl)=CN3C2)cc1. The minimum absolute atomic E-state index is 0.514. The molecule has 0 saturated heterocycles. The summed E-state index contributed by atoms with van der Waals surface area (Å²) in [5.41, 5.74) is 4.77. The van der Waals surface area contributed by atoms with Gasteiger partial charge in [-0.2, -0.15) is 0 Å². The highest BCUT2D eigenvalue weighted by Crippen LogP contribution is 2.35. The number of aryl methyl sites for hydroxylation is 1. The Kier molecular flexibility index (Phi) is 3.65. The van der Waals surface area contributed by atoms with E-state index in [2.05, 4.69) is 52.1 Å². The number of halogens is 1. The third-order valence-electron chi connectivity index (χ3n) is 5.08. The number of fused-ring (bicyclic) bond motifs is 2. The molecule has 0 bridgehead atoms. The Bertz CT molecular complexity index is 1080. The first-order valence-electron chi connectivity index (χ1n) is 8.89. The molecule has 0 aliphatic carbocycles. The summed E-state index contributed by atoms with van der Waals surface area (Å²) >= 11 is 6.28. The third kappa shape index (κ3) is 2.84. The van der Waals surface area contributed by atoms with Gasteiger partial charge < -0.3 is 9.88 Å². The fourth-order valence-electron chi connectivity index (χ4n) is 3.67. The number of nitrogens with one attached hydrogen (secondary N) is 1. The molecule has 5 rings (SSSR count). The zero-order valence-electron chi connectivity index (χ0n) is 14.9. The summed E-state index contributed by atoms with van der Waals surface area (Å²) in [7, 11) is 0. The van der Waals surface area contributed by atoms with Crippen LogP contribution in [0.4, 0.5) is 0 Å². The normalized spacial score (nSPS) is 21.3. The van der Waals surface area contributed by atoms with Crippen LogP contribution in [0.3, 0.4) is 0 Å². The van der Waals surface area contributed by atoms with Crippen molar-refractivity contribution in [2.24, 2.45) is 4.99 Å². The lowest BCUT2D eigenvalue weighted by molar-refractivity contribution is 0.246. The number of H-pyrrole nitrogens is 1. The smallest absolute Gasteiger partial charge is 0.158 e. The third-order valence-corrected chi connectivity index (χ3v) is 5.30. The monoisotopic (exact) mass is 375 g/mol. The highest BCUT2D eigenvalue weighted by molar-refractivity contribution is 6.31. The van der Waals surface area contributed by atoms with E-state index in [0.717, 1.165) is 28.1 Å². The van der Waals surface area contributed by atoms with Crippen LogP contribution in [-0.2, 0) is 6.42 Å². The first kappa shape index (κ1) is 16.3. The van der Waals surface area contributed by atoms with Crippen LogP contribution in [0.15, 0.2) is 71.1 Å². The second-order valence-corrected chi connectivity index (χ2v) is 7.47. The van der Waals surface area contributed by atoms with Crippen LogP contribution in [-0.4, -0.2) is 37.8 Å². The molecule has 134 valence electrons. The van der Waals surface area contributed by atoms with Crippen molar-refractivity contribution in [1.29, 1.82) is 0 Å². The molecule has 2 aromatic heterocycles. The topological polar surface area (TPSA) is 57.2 Å². The molecule has 2 aliphatic rings. The average molecular weight is 376 g/mol. The Morgan fingerprint density at radius 3 is 2.89 bits per heavy atom. The summed E-state index contributed by atoms with van der Waals surface area (Å²) < 4.78 is 0. The van der Waals surface area contributed by atoms with Gasteiger partial charge in [0.15, 0.2) is 5.66 Å². The second kappa shape index (κ2) is 6.06. The van der Waals surface area contributed by atoms with Gasteiger partial charge in [-0.1, -0.05) is 41.4 Å². The Labute approximate surface area is 162 Å². The van der Waals surface area contributed by atoms with Crippen molar-refractivity contribution in [3.63, 3.8) is 0 Å². The van der Waals surface area contributed by atoms with E-state index in [9.17, 15) is 0 Å². The molecule has 0 amide bonds. The molecule has 0 spiro atoms. The van der Waals surface area contributed by atoms with Crippen LogP contribution >= 0.6 is 11.6 Å². The van der Waals surface area contributed by atoms with Crippen molar-refractivity contribution >= 4 is 28.3 Å². The van der Waals surface area contributed by atoms with Crippen molar-refractivity contribution in [3.8, 4) is 0 Å². The summed E-state index contributed by atoms with van der Waals surface area (Å²) in [6, 6.07) is 10.4. The maximum absolute atomic E-state index is 6.28. The van der Waals surface area contributed by atoms with Crippen molar-refractivity contribution in [3.05, 3.63) is 83.1 Å². The molecular formula is C21H18ClN5. The number of benzene rings is 1. The molecule has 27 heavy (non-hydrogen) atoms. The van der Waals surface area contributed by atoms with Gasteiger partial charge in [0.25, 0.3) is 0 Å². The molecule has 1 aromatic carbocycles. The quantitative estimate of drug-likeness (QED) is 0.753. The van der Waals surface area contributed by atoms with Crippen molar-refractivity contribution in [1.82, 2.24) is 19.9 Å². The molecular weight excluding hydrogens is 358 g/mol. The minimum atomic E-state index is -0.514. The van der Waals surface area contributed by atoms with Crippen LogP contribution in [0.2, 0.25) is 0 Å².